The van der Waals surface area contributed by atoms with E-state index in [2.05, 4.69) is 10.3 Å². The minimum atomic E-state index is -0.570. The predicted octanol–water partition coefficient (Wildman–Crippen LogP) is 4.92. The number of carbonyl (C=O) groups is 2. The maximum atomic E-state index is 13.0. The van der Waals surface area contributed by atoms with Gasteiger partial charge in [0.2, 0.25) is 0 Å². The van der Waals surface area contributed by atoms with Gasteiger partial charge >= 0.3 is 0 Å². The third kappa shape index (κ3) is 5.24. The van der Waals surface area contributed by atoms with Crippen LogP contribution in [0.15, 0.2) is 71.5 Å². The van der Waals surface area contributed by atoms with Crippen LogP contribution in [0, 0.1) is 6.92 Å². The number of ether oxygens (including phenoxy) is 2. The Kier molecular flexibility index (Phi) is 6.96. The van der Waals surface area contributed by atoms with Crippen LogP contribution in [0.1, 0.15) is 38.3 Å². The van der Waals surface area contributed by atoms with E-state index in [1.807, 2.05) is 37.3 Å². The fraction of sp³-hybridized carbons (Fsp3) is 0.179. The molecule has 0 atom stereocenters. The molecule has 35 heavy (non-hydrogen) atoms. The molecule has 0 radical (unpaired) electrons. The molecular weight excluding hydrogens is 444 g/mol. The highest BCUT2D eigenvalue weighted by molar-refractivity contribution is 6.07. The number of nitrogens with one attached hydrogen (secondary N) is 2. The molecule has 178 valence electrons. The van der Waals surface area contributed by atoms with Crippen LogP contribution in [0.2, 0.25) is 0 Å². The monoisotopic (exact) mass is 470 g/mol. The van der Waals surface area contributed by atoms with Gasteiger partial charge in [-0.1, -0.05) is 42.5 Å². The molecule has 0 aliphatic heterocycles. The Morgan fingerprint density at radius 3 is 2.34 bits per heavy atom. The number of aryl methyl sites for hydroxylation is 2. The molecular formula is C28H26N2O5. The maximum Gasteiger partial charge on any atom is 0.261 e. The van der Waals surface area contributed by atoms with Gasteiger partial charge in [-0.2, -0.15) is 0 Å². The molecule has 2 N–H and O–H groups in total. The average Bonchev–Trinajstić information content (AvgIpc) is 2.87. The first-order valence-electron chi connectivity index (χ1n) is 11.2. The lowest BCUT2D eigenvalue weighted by Crippen LogP contribution is -2.23. The van der Waals surface area contributed by atoms with Gasteiger partial charge in [0.15, 0.2) is 17.3 Å². The van der Waals surface area contributed by atoms with E-state index < -0.39 is 11.5 Å². The molecule has 0 unspecified atom stereocenters. The lowest BCUT2D eigenvalue weighted by atomic mass is 10.0. The van der Waals surface area contributed by atoms with Crippen molar-refractivity contribution in [3.8, 4) is 11.5 Å². The number of aromatic nitrogens is 1. The van der Waals surface area contributed by atoms with Crippen molar-refractivity contribution in [3.63, 3.8) is 0 Å². The molecule has 1 amide bonds. The fourth-order valence-electron chi connectivity index (χ4n) is 3.87. The molecule has 4 aromatic rings. The number of rotatable bonds is 8. The topological polar surface area (TPSA) is 97.5 Å². The average molecular weight is 471 g/mol. The van der Waals surface area contributed by atoms with Crippen LogP contribution in [-0.2, 0) is 6.42 Å². The number of hydrogen-bond acceptors (Lipinski definition) is 5. The quantitative estimate of drug-likeness (QED) is 0.356. The van der Waals surface area contributed by atoms with Gasteiger partial charge < -0.3 is 19.8 Å². The van der Waals surface area contributed by atoms with Gasteiger partial charge in [0.05, 0.1) is 19.7 Å². The number of carbonyl (C=O) groups excluding carboxylic acids is 2. The highest BCUT2D eigenvalue weighted by Gasteiger charge is 2.16. The lowest BCUT2D eigenvalue weighted by molar-refractivity contribution is 0.0980. The number of pyridine rings is 1. The first-order valence-corrected chi connectivity index (χ1v) is 11.2. The molecule has 4 rings (SSSR count). The third-order valence-electron chi connectivity index (χ3n) is 5.88. The van der Waals surface area contributed by atoms with Gasteiger partial charge in [-0.05, 0) is 42.7 Å². The first-order chi connectivity index (χ1) is 16.9. The van der Waals surface area contributed by atoms with Crippen LogP contribution >= 0.6 is 0 Å². The summed E-state index contributed by atoms with van der Waals surface area (Å²) in [5, 5.41) is 3.40. The Balaban J connectivity index is 1.57. The number of anilines is 1. The zero-order valence-electron chi connectivity index (χ0n) is 19.8. The fourth-order valence-corrected chi connectivity index (χ4v) is 3.87. The summed E-state index contributed by atoms with van der Waals surface area (Å²) in [5.74, 6) is 0.363. The smallest absolute Gasteiger partial charge is 0.261 e. The Morgan fingerprint density at radius 2 is 1.63 bits per heavy atom. The van der Waals surface area contributed by atoms with Crippen LogP contribution in [-0.4, -0.2) is 30.9 Å². The number of ketones is 1. The third-order valence-corrected chi connectivity index (χ3v) is 5.88. The number of fused-ring (bicyclic) bond motifs is 1. The van der Waals surface area contributed by atoms with Crippen LogP contribution in [0.4, 0.5) is 5.69 Å². The molecule has 7 nitrogen and oxygen atoms in total. The summed E-state index contributed by atoms with van der Waals surface area (Å²) in [5.41, 5.74) is 2.79. The molecule has 0 fully saturated rings. The SMILES string of the molecule is COc1cc2cc(C(=O)Nc3cc(C(=O)CCc4ccccc4)ccc3C)c(=O)[nH]c2cc1OC. The summed E-state index contributed by atoms with van der Waals surface area (Å²) >= 11 is 0. The van der Waals surface area contributed by atoms with E-state index >= 15 is 0 Å². The Bertz CT molecular complexity index is 1460. The van der Waals surface area contributed by atoms with Crippen molar-refractivity contribution in [1.29, 1.82) is 0 Å². The van der Waals surface area contributed by atoms with Crippen molar-refractivity contribution >= 4 is 28.3 Å². The molecule has 1 heterocycles. The minimum Gasteiger partial charge on any atom is -0.493 e. The van der Waals surface area contributed by atoms with Crippen molar-refractivity contribution in [1.82, 2.24) is 4.98 Å². The molecule has 1 aromatic heterocycles. The Hall–Kier alpha value is -4.39. The van der Waals surface area contributed by atoms with Crippen molar-refractivity contribution in [3.05, 3.63) is 99.3 Å². The zero-order chi connectivity index (χ0) is 24.9. The van der Waals surface area contributed by atoms with Gasteiger partial charge in [0, 0.05) is 29.1 Å². The highest BCUT2D eigenvalue weighted by Crippen LogP contribution is 2.31. The molecule has 0 aliphatic carbocycles. The number of hydrogen-bond donors (Lipinski definition) is 2. The van der Waals surface area contributed by atoms with Crippen molar-refractivity contribution in [2.45, 2.75) is 19.8 Å². The number of H-pyrrole nitrogens is 1. The van der Waals surface area contributed by atoms with Crippen molar-refractivity contribution in [2.24, 2.45) is 0 Å². The van der Waals surface area contributed by atoms with E-state index in [-0.39, 0.29) is 11.3 Å². The van der Waals surface area contributed by atoms with Gasteiger partial charge in [-0.25, -0.2) is 0 Å². The Morgan fingerprint density at radius 1 is 0.914 bits per heavy atom. The number of aromatic amines is 1. The maximum absolute atomic E-state index is 13.0. The second-order valence-electron chi connectivity index (χ2n) is 8.20. The first kappa shape index (κ1) is 23.8. The second-order valence-corrected chi connectivity index (χ2v) is 8.20. The van der Waals surface area contributed by atoms with Crippen LogP contribution in [0.3, 0.4) is 0 Å². The van der Waals surface area contributed by atoms with E-state index in [9.17, 15) is 14.4 Å². The van der Waals surface area contributed by atoms with Gasteiger partial charge in [-0.3, -0.25) is 14.4 Å². The van der Waals surface area contributed by atoms with E-state index in [0.717, 1.165) is 11.1 Å². The number of methoxy groups -OCH3 is 2. The zero-order valence-corrected chi connectivity index (χ0v) is 19.8. The van der Waals surface area contributed by atoms with E-state index in [1.54, 1.807) is 30.3 Å². The van der Waals surface area contributed by atoms with Gasteiger partial charge in [-0.15, -0.1) is 0 Å². The van der Waals surface area contributed by atoms with Gasteiger partial charge in [0.25, 0.3) is 11.5 Å². The predicted molar refractivity (Wildman–Crippen MR) is 136 cm³/mol. The Labute approximate surface area is 202 Å². The van der Waals surface area contributed by atoms with Crippen LogP contribution in [0.25, 0.3) is 10.9 Å². The lowest BCUT2D eigenvalue weighted by Gasteiger charge is -2.12. The molecule has 0 aliphatic rings. The minimum absolute atomic E-state index is 0.0195. The molecule has 3 aromatic carbocycles. The molecule has 0 bridgehead atoms. The van der Waals surface area contributed by atoms with E-state index in [0.29, 0.717) is 46.5 Å². The molecule has 0 spiro atoms. The molecule has 0 saturated carbocycles. The highest BCUT2D eigenvalue weighted by atomic mass is 16.5. The molecule has 0 saturated heterocycles. The van der Waals surface area contributed by atoms with Gasteiger partial charge in [0.1, 0.15) is 5.56 Å². The summed E-state index contributed by atoms with van der Waals surface area (Å²) in [6.45, 7) is 1.83. The van der Waals surface area contributed by atoms with Crippen molar-refractivity contribution in [2.75, 3.05) is 19.5 Å². The summed E-state index contributed by atoms with van der Waals surface area (Å²) in [6.07, 6.45) is 0.992. The number of benzene rings is 3. The summed E-state index contributed by atoms with van der Waals surface area (Å²) in [4.78, 5) is 41.2. The summed E-state index contributed by atoms with van der Waals surface area (Å²) in [6, 6.07) is 19.8. The van der Waals surface area contributed by atoms with E-state index in [4.69, 9.17) is 9.47 Å². The van der Waals surface area contributed by atoms with E-state index in [1.165, 1.54) is 20.3 Å². The second kappa shape index (κ2) is 10.3. The largest absolute Gasteiger partial charge is 0.493 e. The normalized spacial score (nSPS) is 10.7. The summed E-state index contributed by atoms with van der Waals surface area (Å²) in [7, 11) is 3.02. The standard InChI is InChI=1S/C28H26N2O5/c1-17-9-11-19(24(31)12-10-18-7-5-4-6-8-18)14-22(17)29-27(32)21-13-20-15-25(34-2)26(35-3)16-23(20)30-28(21)33/h4-9,11,13-16H,10,12H2,1-3H3,(H,29,32)(H,30,33). The van der Waals surface area contributed by atoms with Crippen molar-refractivity contribution < 1.29 is 19.1 Å². The van der Waals surface area contributed by atoms with Crippen LogP contribution in [0.5, 0.6) is 11.5 Å². The number of Topliss-reactive ketones (excluding diaryl/α,β-unsaturated/α-hetero) is 1. The van der Waals surface area contributed by atoms with Crippen LogP contribution < -0.4 is 20.3 Å². The summed E-state index contributed by atoms with van der Waals surface area (Å²) < 4.78 is 10.6. The molecule has 7 heteroatoms. The number of amides is 1.